The van der Waals surface area contributed by atoms with Crippen molar-refractivity contribution in [3.63, 3.8) is 0 Å². The predicted octanol–water partition coefficient (Wildman–Crippen LogP) is 3.84. The zero-order chi connectivity index (χ0) is 17.1. The fourth-order valence-electron chi connectivity index (χ4n) is 2.62. The highest BCUT2D eigenvalue weighted by atomic mass is 79.9. The molecule has 1 heterocycles. The third-order valence-electron chi connectivity index (χ3n) is 3.77. The molecule has 0 aliphatic heterocycles. The molecule has 3 rings (SSSR count). The molecule has 0 saturated heterocycles. The number of benzene rings is 2. The van der Waals surface area contributed by atoms with Gasteiger partial charge in [-0.05, 0) is 29.8 Å². The van der Waals surface area contributed by atoms with Gasteiger partial charge < -0.3 is 10.3 Å². The number of para-hydroxylation sites is 1. The van der Waals surface area contributed by atoms with Gasteiger partial charge in [0.1, 0.15) is 11.6 Å². The van der Waals surface area contributed by atoms with Crippen LogP contribution in [0.25, 0.3) is 17.0 Å². The van der Waals surface area contributed by atoms with E-state index in [1.165, 1.54) is 0 Å². The fraction of sp³-hybridized carbons (Fsp3) is 0.0526. The van der Waals surface area contributed by atoms with Gasteiger partial charge in [0.2, 0.25) is 0 Å². The van der Waals surface area contributed by atoms with Gasteiger partial charge in [-0.2, -0.15) is 5.26 Å². The smallest absolute Gasteiger partial charge is 0.259 e. The first-order chi connectivity index (χ1) is 11.6. The Hall–Kier alpha value is -2.84. The second kappa shape index (κ2) is 6.73. The van der Waals surface area contributed by atoms with Crippen LogP contribution in [0, 0.1) is 11.3 Å². The van der Waals surface area contributed by atoms with Crippen LogP contribution >= 0.6 is 15.9 Å². The molecule has 0 saturated carbocycles. The number of amides is 1. The summed E-state index contributed by atoms with van der Waals surface area (Å²) < 4.78 is 3.13. The van der Waals surface area contributed by atoms with Gasteiger partial charge in [-0.3, -0.25) is 4.79 Å². The number of fused-ring (bicyclic) bond motifs is 1. The minimum atomic E-state index is -0.720. The quantitative estimate of drug-likeness (QED) is 0.552. The van der Waals surface area contributed by atoms with E-state index < -0.39 is 5.91 Å². The van der Waals surface area contributed by atoms with Crippen molar-refractivity contribution in [3.05, 3.63) is 75.9 Å². The largest absolute Gasteiger partial charge is 0.365 e. The molecule has 118 valence electrons. The molecule has 0 radical (unpaired) electrons. The maximum atomic E-state index is 11.3. The van der Waals surface area contributed by atoms with Crippen molar-refractivity contribution in [1.29, 1.82) is 5.26 Å². The summed E-state index contributed by atoms with van der Waals surface area (Å²) in [5, 5.41) is 10.0. The number of carbonyl (C=O) groups is 1. The monoisotopic (exact) mass is 379 g/mol. The first kappa shape index (κ1) is 16.0. The Morgan fingerprint density at radius 3 is 2.58 bits per heavy atom. The number of aromatic nitrogens is 1. The molecule has 1 aromatic heterocycles. The van der Waals surface area contributed by atoms with E-state index in [0.717, 1.165) is 26.5 Å². The van der Waals surface area contributed by atoms with Crippen molar-refractivity contribution in [3.8, 4) is 6.07 Å². The van der Waals surface area contributed by atoms with Crippen LogP contribution in [-0.4, -0.2) is 10.5 Å². The highest BCUT2D eigenvalue weighted by molar-refractivity contribution is 9.10. The molecular formula is C19H14BrN3O. The predicted molar refractivity (Wildman–Crippen MR) is 98.0 cm³/mol. The summed E-state index contributed by atoms with van der Waals surface area (Å²) in [5.74, 6) is -0.720. The highest BCUT2D eigenvalue weighted by Gasteiger charge is 2.10. The van der Waals surface area contributed by atoms with Gasteiger partial charge in [-0.15, -0.1) is 0 Å². The van der Waals surface area contributed by atoms with Crippen molar-refractivity contribution < 1.29 is 4.79 Å². The second-order valence-corrected chi connectivity index (χ2v) is 6.31. The number of nitrogens with zero attached hydrogens (tertiary/aromatic N) is 2. The fourth-order valence-corrected chi connectivity index (χ4v) is 2.89. The Labute approximate surface area is 147 Å². The Morgan fingerprint density at radius 1 is 1.21 bits per heavy atom. The third-order valence-corrected chi connectivity index (χ3v) is 4.30. The van der Waals surface area contributed by atoms with Crippen molar-refractivity contribution in [2.45, 2.75) is 6.54 Å². The Balaban J connectivity index is 2.08. The highest BCUT2D eigenvalue weighted by Crippen LogP contribution is 2.24. The summed E-state index contributed by atoms with van der Waals surface area (Å²) in [7, 11) is 0. The maximum absolute atomic E-state index is 11.3. The number of hydrogen-bond donors (Lipinski definition) is 1. The lowest BCUT2D eigenvalue weighted by Crippen LogP contribution is -2.12. The lowest BCUT2D eigenvalue weighted by Gasteiger charge is -2.05. The molecule has 4 nitrogen and oxygen atoms in total. The number of nitriles is 1. The van der Waals surface area contributed by atoms with E-state index in [4.69, 9.17) is 11.0 Å². The summed E-state index contributed by atoms with van der Waals surface area (Å²) in [6, 6.07) is 17.8. The standard InChI is InChI=1S/C19H14BrN3O/c20-16-7-5-13(6-8-16)11-23-12-15(9-14(10-21)19(22)24)17-3-1-2-4-18(17)23/h1-9,12H,11H2,(H2,22,24)/b14-9-. The van der Waals surface area contributed by atoms with Gasteiger partial charge in [0.15, 0.2) is 0 Å². The molecule has 0 atom stereocenters. The van der Waals surface area contributed by atoms with Crippen LogP contribution in [0.4, 0.5) is 0 Å². The molecule has 2 aromatic carbocycles. The molecule has 2 N–H and O–H groups in total. The van der Waals surface area contributed by atoms with Crippen LogP contribution in [0.15, 0.2) is 64.8 Å². The van der Waals surface area contributed by atoms with Crippen molar-refractivity contribution >= 4 is 38.8 Å². The molecule has 0 aliphatic carbocycles. The molecule has 0 unspecified atom stereocenters. The van der Waals surface area contributed by atoms with Gasteiger partial charge in [0, 0.05) is 33.7 Å². The zero-order valence-electron chi connectivity index (χ0n) is 12.7. The number of halogens is 1. The van der Waals surface area contributed by atoms with E-state index in [9.17, 15) is 4.79 Å². The van der Waals surface area contributed by atoms with Crippen LogP contribution < -0.4 is 5.73 Å². The van der Waals surface area contributed by atoms with Crippen molar-refractivity contribution in [2.24, 2.45) is 5.73 Å². The zero-order valence-corrected chi connectivity index (χ0v) is 14.3. The topological polar surface area (TPSA) is 71.8 Å². The molecule has 0 bridgehead atoms. The van der Waals surface area contributed by atoms with Gasteiger partial charge in [-0.1, -0.05) is 46.3 Å². The van der Waals surface area contributed by atoms with Crippen LogP contribution in [-0.2, 0) is 11.3 Å². The van der Waals surface area contributed by atoms with Crippen molar-refractivity contribution in [2.75, 3.05) is 0 Å². The summed E-state index contributed by atoms with van der Waals surface area (Å²) in [6.07, 6.45) is 3.48. The summed E-state index contributed by atoms with van der Waals surface area (Å²) in [6.45, 7) is 0.695. The van der Waals surface area contributed by atoms with E-state index in [2.05, 4.69) is 32.6 Å². The molecule has 1 amide bonds. The minimum Gasteiger partial charge on any atom is -0.365 e. The van der Waals surface area contributed by atoms with Crippen LogP contribution in [0.5, 0.6) is 0 Å². The average Bonchev–Trinajstić information content (AvgIpc) is 2.92. The Kier molecular flexibility index (Phi) is 4.50. The summed E-state index contributed by atoms with van der Waals surface area (Å²) in [4.78, 5) is 11.3. The van der Waals surface area contributed by atoms with E-state index in [0.29, 0.717) is 6.54 Å². The molecule has 0 spiro atoms. The number of hydrogen-bond acceptors (Lipinski definition) is 2. The van der Waals surface area contributed by atoms with E-state index >= 15 is 0 Å². The lowest BCUT2D eigenvalue weighted by atomic mass is 10.1. The lowest BCUT2D eigenvalue weighted by molar-refractivity contribution is -0.114. The van der Waals surface area contributed by atoms with Crippen LogP contribution in [0.1, 0.15) is 11.1 Å². The number of rotatable bonds is 4. The number of nitrogens with two attached hydrogens (primary N) is 1. The van der Waals surface area contributed by atoms with Crippen molar-refractivity contribution in [1.82, 2.24) is 4.57 Å². The Bertz CT molecular complexity index is 978. The molecular weight excluding hydrogens is 366 g/mol. The van der Waals surface area contributed by atoms with Crippen LogP contribution in [0.3, 0.4) is 0 Å². The van der Waals surface area contributed by atoms with E-state index in [1.54, 1.807) is 6.08 Å². The average molecular weight is 380 g/mol. The molecule has 5 heteroatoms. The summed E-state index contributed by atoms with van der Waals surface area (Å²) in [5.41, 5.74) is 8.19. The van der Waals surface area contributed by atoms with Gasteiger partial charge in [0.25, 0.3) is 5.91 Å². The first-order valence-corrected chi connectivity index (χ1v) is 8.11. The molecule has 0 aliphatic rings. The Morgan fingerprint density at radius 2 is 1.92 bits per heavy atom. The van der Waals surface area contributed by atoms with Crippen LogP contribution in [0.2, 0.25) is 0 Å². The third kappa shape index (κ3) is 3.24. The van der Waals surface area contributed by atoms with Gasteiger partial charge in [0.05, 0.1) is 0 Å². The number of primary amides is 1. The minimum absolute atomic E-state index is 0.0541. The normalized spacial score (nSPS) is 11.4. The van der Waals surface area contributed by atoms with E-state index in [1.807, 2.05) is 48.7 Å². The van der Waals surface area contributed by atoms with Gasteiger partial charge in [-0.25, -0.2) is 0 Å². The SMILES string of the molecule is N#C/C(=C/c1cn(Cc2ccc(Br)cc2)c2ccccc12)C(N)=O. The molecule has 3 aromatic rings. The summed E-state index contributed by atoms with van der Waals surface area (Å²) >= 11 is 3.43. The van der Waals surface area contributed by atoms with E-state index in [-0.39, 0.29) is 5.57 Å². The van der Waals surface area contributed by atoms with Gasteiger partial charge >= 0.3 is 0 Å². The molecule has 0 fully saturated rings. The second-order valence-electron chi connectivity index (χ2n) is 5.39. The number of carbonyl (C=O) groups excluding carboxylic acids is 1. The first-order valence-electron chi connectivity index (χ1n) is 7.32. The molecule has 24 heavy (non-hydrogen) atoms. The maximum Gasteiger partial charge on any atom is 0.259 e.